The van der Waals surface area contributed by atoms with Crippen molar-refractivity contribution in [2.75, 3.05) is 0 Å². The second kappa shape index (κ2) is 12.1. The van der Waals surface area contributed by atoms with Crippen molar-refractivity contribution in [3.05, 3.63) is 63.7 Å². The maximum absolute atomic E-state index is 2.27. The summed E-state index contributed by atoms with van der Waals surface area (Å²) in [6.07, 6.45) is 24.3. The average Bonchev–Trinajstić information content (AvgIpc) is 2.18. The Bertz CT molecular complexity index is 103. The van der Waals surface area contributed by atoms with E-state index in [1.54, 1.807) is 0 Å². The van der Waals surface area contributed by atoms with Gasteiger partial charge in [-0.25, -0.2) is 0 Å². The molecule has 0 unspecified atom stereocenters. The van der Waals surface area contributed by atoms with Gasteiger partial charge in [0.05, 0.1) is 0 Å². The van der Waals surface area contributed by atoms with E-state index in [1.807, 2.05) is 19.3 Å². The van der Waals surface area contributed by atoms with Gasteiger partial charge in [0.25, 0.3) is 0 Å². The Morgan fingerprint density at radius 1 is 0.688 bits per heavy atom. The zero-order valence-electron chi connectivity index (χ0n) is 9.86. The molecule has 0 nitrogen and oxygen atoms in total. The first-order valence-electron chi connectivity index (χ1n) is 5.71. The molecule has 1 heteroatoms. The molecule has 0 aliphatic heterocycles. The SMILES string of the molecule is C[C]1[CH][CH][CH][CH][CH]1.[CH]1[CH]CC[CH][CH]CC1.[Rh]. The van der Waals surface area contributed by atoms with E-state index in [0.29, 0.717) is 0 Å². The predicted octanol–water partition coefficient (Wildman–Crippen LogP) is 3.99. The molecule has 0 amide bonds. The molecule has 2 aliphatic rings. The van der Waals surface area contributed by atoms with E-state index in [4.69, 9.17) is 0 Å². The maximum atomic E-state index is 2.27. The van der Waals surface area contributed by atoms with Crippen LogP contribution in [0.25, 0.3) is 0 Å². The summed E-state index contributed by atoms with van der Waals surface area (Å²) in [5.74, 6) is 1.32. The van der Waals surface area contributed by atoms with Crippen LogP contribution in [-0.2, 0) is 19.5 Å². The third-order valence-electron chi connectivity index (χ3n) is 2.27. The minimum Gasteiger partial charge on any atom is -0.0585 e. The van der Waals surface area contributed by atoms with Gasteiger partial charge in [-0.3, -0.25) is 0 Å². The minimum atomic E-state index is 0. The Morgan fingerprint density at radius 3 is 1.31 bits per heavy atom. The van der Waals surface area contributed by atoms with Gasteiger partial charge in [0, 0.05) is 19.5 Å². The van der Waals surface area contributed by atoms with Crippen LogP contribution in [-0.4, -0.2) is 0 Å². The molecule has 0 aromatic carbocycles. The van der Waals surface area contributed by atoms with Gasteiger partial charge in [0.15, 0.2) is 0 Å². The first-order chi connectivity index (χ1) is 7.39. The Balaban J connectivity index is 0.000000267. The second-order valence-electron chi connectivity index (χ2n) is 3.75. The molecular weight excluding hydrogens is 283 g/mol. The number of hydrogen-bond acceptors (Lipinski definition) is 0. The third-order valence-corrected chi connectivity index (χ3v) is 2.27. The molecule has 0 bridgehead atoms. The van der Waals surface area contributed by atoms with Gasteiger partial charge in [-0.2, -0.15) is 0 Å². The van der Waals surface area contributed by atoms with Crippen LogP contribution >= 0.6 is 0 Å². The Labute approximate surface area is 116 Å². The molecule has 0 N–H and O–H groups in total. The minimum absolute atomic E-state index is 0. The first-order valence-corrected chi connectivity index (χ1v) is 5.71. The van der Waals surface area contributed by atoms with E-state index in [9.17, 15) is 0 Å². The van der Waals surface area contributed by atoms with E-state index in [2.05, 4.69) is 45.4 Å². The molecule has 0 spiro atoms. The van der Waals surface area contributed by atoms with Crippen LogP contribution in [0.4, 0.5) is 0 Å². The normalized spacial score (nSPS) is 23.1. The molecule has 11 radical (unpaired) electrons. The van der Waals surface area contributed by atoms with Crippen molar-refractivity contribution < 1.29 is 19.5 Å². The molecular formula is C15H20Rh. The van der Waals surface area contributed by atoms with Crippen LogP contribution in [0.15, 0.2) is 0 Å². The summed E-state index contributed by atoms with van der Waals surface area (Å²) in [5, 5.41) is 0. The predicted molar refractivity (Wildman–Crippen MR) is 66.1 cm³/mol. The Hall–Kier alpha value is 0.623. The largest absolute Gasteiger partial charge is 0.0585 e. The summed E-state index contributed by atoms with van der Waals surface area (Å²) in [7, 11) is 0. The van der Waals surface area contributed by atoms with Crippen molar-refractivity contribution in [1.82, 2.24) is 0 Å². The molecule has 0 aromatic rings. The number of hydrogen-bond donors (Lipinski definition) is 0. The average molecular weight is 303 g/mol. The molecule has 0 saturated heterocycles. The maximum Gasteiger partial charge on any atom is 0 e. The molecule has 2 fully saturated rings. The van der Waals surface area contributed by atoms with Crippen molar-refractivity contribution in [2.24, 2.45) is 0 Å². The van der Waals surface area contributed by atoms with Crippen LogP contribution in [0.1, 0.15) is 32.6 Å². The summed E-state index contributed by atoms with van der Waals surface area (Å²) >= 11 is 0. The summed E-state index contributed by atoms with van der Waals surface area (Å²) < 4.78 is 0. The third kappa shape index (κ3) is 9.82. The van der Waals surface area contributed by atoms with Crippen molar-refractivity contribution in [2.45, 2.75) is 32.6 Å². The van der Waals surface area contributed by atoms with Gasteiger partial charge in [-0.15, -0.1) is 0 Å². The fraction of sp³-hybridized carbons (Fsp3) is 0.333. The summed E-state index contributed by atoms with van der Waals surface area (Å²) in [4.78, 5) is 0. The second-order valence-corrected chi connectivity index (χ2v) is 3.75. The van der Waals surface area contributed by atoms with Gasteiger partial charge in [0.2, 0.25) is 0 Å². The van der Waals surface area contributed by atoms with Crippen molar-refractivity contribution in [1.29, 1.82) is 0 Å². The Morgan fingerprint density at radius 2 is 1.06 bits per heavy atom. The van der Waals surface area contributed by atoms with Crippen LogP contribution in [0.3, 0.4) is 0 Å². The molecule has 16 heavy (non-hydrogen) atoms. The van der Waals surface area contributed by atoms with E-state index in [-0.39, 0.29) is 19.5 Å². The molecule has 2 aliphatic carbocycles. The van der Waals surface area contributed by atoms with Gasteiger partial charge < -0.3 is 0 Å². The Kier molecular flexibility index (Phi) is 12.6. The smallest absolute Gasteiger partial charge is 0 e. The number of rotatable bonds is 0. The molecule has 2 saturated carbocycles. The first kappa shape index (κ1) is 16.6. The van der Waals surface area contributed by atoms with Crippen LogP contribution < -0.4 is 0 Å². The topological polar surface area (TPSA) is 0 Å². The quantitative estimate of drug-likeness (QED) is 0.594. The van der Waals surface area contributed by atoms with Crippen LogP contribution in [0, 0.1) is 63.7 Å². The fourth-order valence-electron chi connectivity index (χ4n) is 1.39. The van der Waals surface area contributed by atoms with Crippen LogP contribution in [0.2, 0.25) is 0 Å². The van der Waals surface area contributed by atoms with E-state index in [0.717, 1.165) is 0 Å². The van der Waals surface area contributed by atoms with Crippen molar-refractivity contribution in [3.63, 3.8) is 0 Å². The van der Waals surface area contributed by atoms with E-state index >= 15 is 0 Å². The van der Waals surface area contributed by atoms with E-state index in [1.165, 1.54) is 31.6 Å². The zero-order chi connectivity index (χ0) is 10.8. The summed E-state index contributed by atoms with van der Waals surface area (Å²) in [5.41, 5.74) is 0. The van der Waals surface area contributed by atoms with Crippen molar-refractivity contribution in [3.8, 4) is 0 Å². The van der Waals surface area contributed by atoms with E-state index < -0.39 is 0 Å². The molecule has 2 rings (SSSR count). The van der Waals surface area contributed by atoms with Gasteiger partial charge >= 0.3 is 0 Å². The molecule has 89 valence electrons. The standard InChI is InChI=1S/C8H12.C7H8.Rh/c1-2-4-6-8-7-5-3-1;1-7-5-3-2-4-6-7;/h1-2,7-8H,3-6H2;2-6H,1H3;. The zero-order valence-corrected chi connectivity index (χ0v) is 11.5. The van der Waals surface area contributed by atoms with Gasteiger partial charge in [0.1, 0.15) is 0 Å². The fourth-order valence-corrected chi connectivity index (χ4v) is 1.39. The van der Waals surface area contributed by atoms with Crippen molar-refractivity contribution >= 4 is 0 Å². The van der Waals surface area contributed by atoms with Crippen LogP contribution in [0.5, 0.6) is 0 Å². The summed E-state index contributed by atoms with van der Waals surface area (Å²) in [6, 6.07) is 0. The van der Waals surface area contributed by atoms with Gasteiger partial charge in [-0.05, 0) is 89.4 Å². The monoisotopic (exact) mass is 303 g/mol. The molecule has 0 heterocycles. The molecule has 0 atom stereocenters. The summed E-state index contributed by atoms with van der Waals surface area (Å²) in [6.45, 7) is 2.08. The molecule has 0 aromatic heterocycles. The van der Waals surface area contributed by atoms with Gasteiger partial charge in [-0.1, -0.05) is 6.92 Å².